The molecule has 1 aliphatic rings. The van der Waals surface area contributed by atoms with E-state index >= 15 is 0 Å². The topological polar surface area (TPSA) is 96.7 Å². The molecule has 182 valence electrons. The van der Waals surface area contributed by atoms with Crippen LogP contribution in [0.1, 0.15) is 36.1 Å². The number of amides is 1. The van der Waals surface area contributed by atoms with Crippen LogP contribution in [0.25, 0.3) is 15.3 Å². The third-order valence-electron chi connectivity index (χ3n) is 6.05. The Balaban J connectivity index is 1.64. The van der Waals surface area contributed by atoms with Gasteiger partial charge in [0.15, 0.2) is 11.5 Å². The SMILES string of the molecule is CCOc1ccc2nc(-n3nc(C)c4c3NC(=O)CC4c3cc(OC)c(OC)cc3OC)sc2c1. The molecule has 1 N–H and O–H groups in total. The van der Waals surface area contributed by atoms with Crippen molar-refractivity contribution in [2.24, 2.45) is 0 Å². The zero-order valence-corrected chi connectivity index (χ0v) is 21.0. The normalized spacial score (nSPS) is 15.0. The Morgan fingerprint density at radius 1 is 1.09 bits per heavy atom. The van der Waals surface area contributed by atoms with Crippen LogP contribution in [0.5, 0.6) is 23.0 Å². The fraction of sp³-hybridized carbons (Fsp3) is 0.320. The molecule has 5 rings (SSSR count). The summed E-state index contributed by atoms with van der Waals surface area (Å²) < 4.78 is 25.0. The summed E-state index contributed by atoms with van der Waals surface area (Å²) in [7, 11) is 4.76. The number of aromatic nitrogens is 3. The molecular formula is C25H26N4O5S. The molecule has 0 radical (unpaired) electrons. The lowest BCUT2D eigenvalue weighted by molar-refractivity contribution is -0.116. The third-order valence-corrected chi connectivity index (χ3v) is 7.05. The third kappa shape index (κ3) is 3.93. The largest absolute Gasteiger partial charge is 0.496 e. The van der Waals surface area contributed by atoms with Gasteiger partial charge in [0.1, 0.15) is 17.3 Å². The van der Waals surface area contributed by atoms with E-state index < -0.39 is 0 Å². The standard InChI is InChI=1S/C25H26N4O5S/c1-6-34-14-7-8-17-21(9-14)35-25(26-17)29-24-23(13(2)28-29)16(11-22(30)27-24)15-10-19(32-4)20(33-5)12-18(15)31-3/h7-10,12,16H,6,11H2,1-5H3,(H,27,30). The summed E-state index contributed by atoms with van der Waals surface area (Å²) in [5.41, 5.74) is 3.39. The highest BCUT2D eigenvalue weighted by molar-refractivity contribution is 7.20. The number of carbonyl (C=O) groups excluding carboxylic acids is 1. The van der Waals surface area contributed by atoms with Crippen LogP contribution in [0.2, 0.25) is 0 Å². The van der Waals surface area contributed by atoms with Crippen molar-refractivity contribution in [1.82, 2.24) is 14.8 Å². The fourth-order valence-electron chi connectivity index (χ4n) is 4.52. The molecule has 3 heterocycles. The Hall–Kier alpha value is -3.79. The molecule has 2 aromatic carbocycles. The number of fused-ring (bicyclic) bond motifs is 2. The van der Waals surface area contributed by atoms with Crippen LogP contribution in [0.4, 0.5) is 5.82 Å². The van der Waals surface area contributed by atoms with E-state index in [1.54, 1.807) is 32.1 Å². The molecule has 0 spiro atoms. The number of aryl methyl sites for hydroxylation is 1. The molecule has 0 aliphatic carbocycles. The van der Waals surface area contributed by atoms with Gasteiger partial charge in [-0.05, 0) is 38.1 Å². The molecule has 2 aromatic heterocycles. The van der Waals surface area contributed by atoms with Gasteiger partial charge in [-0.15, -0.1) is 0 Å². The molecule has 9 nitrogen and oxygen atoms in total. The lowest BCUT2D eigenvalue weighted by atomic mass is 9.85. The number of carbonyl (C=O) groups is 1. The average molecular weight is 495 g/mol. The summed E-state index contributed by atoms with van der Waals surface area (Å²) in [4.78, 5) is 17.6. The van der Waals surface area contributed by atoms with E-state index in [-0.39, 0.29) is 18.2 Å². The van der Waals surface area contributed by atoms with Crippen molar-refractivity contribution in [3.8, 4) is 28.1 Å². The molecule has 1 amide bonds. The van der Waals surface area contributed by atoms with Gasteiger partial charge in [0.2, 0.25) is 11.0 Å². The van der Waals surface area contributed by atoms with Crippen LogP contribution in [0, 0.1) is 6.92 Å². The Bertz CT molecular complexity index is 1430. The van der Waals surface area contributed by atoms with E-state index in [1.807, 2.05) is 38.1 Å². The van der Waals surface area contributed by atoms with E-state index in [2.05, 4.69) is 5.32 Å². The van der Waals surface area contributed by atoms with Crippen molar-refractivity contribution in [1.29, 1.82) is 0 Å². The summed E-state index contributed by atoms with van der Waals surface area (Å²) in [6.45, 7) is 4.48. The number of nitrogens with one attached hydrogen (secondary N) is 1. The Kier molecular flexibility index (Phi) is 5.98. The van der Waals surface area contributed by atoms with Crippen LogP contribution in [-0.2, 0) is 4.79 Å². The van der Waals surface area contributed by atoms with E-state index in [0.29, 0.717) is 34.8 Å². The molecule has 1 atom stereocenters. The Labute approximate surface area is 206 Å². The van der Waals surface area contributed by atoms with Crippen LogP contribution in [0.3, 0.4) is 0 Å². The van der Waals surface area contributed by atoms with Crippen LogP contribution < -0.4 is 24.3 Å². The number of hydrogen-bond donors (Lipinski definition) is 1. The average Bonchev–Trinajstić information content (AvgIpc) is 3.43. The molecule has 4 aromatic rings. The summed E-state index contributed by atoms with van der Waals surface area (Å²) in [6.07, 6.45) is 0.253. The summed E-state index contributed by atoms with van der Waals surface area (Å²) >= 11 is 1.49. The monoisotopic (exact) mass is 494 g/mol. The molecule has 10 heteroatoms. The first-order valence-electron chi connectivity index (χ1n) is 11.2. The number of anilines is 1. The van der Waals surface area contributed by atoms with Gasteiger partial charge >= 0.3 is 0 Å². The molecule has 0 saturated heterocycles. The molecular weight excluding hydrogens is 468 g/mol. The number of ether oxygens (including phenoxy) is 4. The maximum absolute atomic E-state index is 12.9. The van der Waals surface area contributed by atoms with Crippen molar-refractivity contribution in [2.75, 3.05) is 33.3 Å². The molecule has 0 bridgehead atoms. The molecule has 0 saturated carbocycles. The number of benzene rings is 2. The first-order valence-corrected chi connectivity index (χ1v) is 12.0. The van der Waals surface area contributed by atoms with Gasteiger partial charge in [-0.1, -0.05) is 11.3 Å². The number of thiazole rings is 1. The lowest BCUT2D eigenvalue weighted by Gasteiger charge is -2.26. The fourth-order valence-corrected chi connectivity index (χ4v) is 5.47. The lowest BCUT2D eigenvalue weighted by Crippen LogP contribution is -2.25. The highest BCUT2D eigenvalue weighted by atomic mass is 32.1. The van der Waals surface area contributed by atoms with Crippen molar-refractivity contribution < 1.29 is 23.7 Å². The van der Waals surface area contributed by atoms with E-state index in [9.17, 15) is 4.79 Å². The van der Waals surface area contributed by atoms with Gasteiger partial charge in [-0.3, -0.25) is 4.79 Å². The maximum atomic E-state index is 12.9. The quantitative estimate of drug-likeness (QED) is 0.398. The predicted octanol–water partition coefficient (Wildman–Crippen LogP) is 4.69. The number of methoxy groups -OCH3 is 3. The van der Waals surface area contributed by atoms with Crippen molar-refractivity contribution in [3.05, 3.63) is 47.2 Å². The van der Waals surface area contributed by atoms with Crippen LogP contribution in [-0.4, -0.2) is 48.6 Å². The highest BCUT2D eigenvalue weighted by Crippen LogP contribution is 2.46. The second-order valence-corrected chi connectivity index (χ2v) is 9.08. The Morgan fingerprint density at radius 2 is 1.83 bits per heavy atom. The molecule has 35 heavy (non-hydrogen) atoms. The Morgan fingerprint density at radius 3 is 2.54 bits per heavy atom. The van der Waals surface area contributed by atoms with Crippen molar-refractivity contribution in [2.45, 2.75) is 26.2 Å². The number of rotatable bonds is 7. The van der Waals surface area contributed by atoms with Gasteiger partial charge in [0.25, 0.3) is 0 Å². The van der Waals surface area contributed by atoms with E-state index in [0.717, 1.165) is 32.8 Å². The number of nitrogens with zero attached hydrogens (tertiary/aromatic N) is 3. The minimum Gasteiger partial charge on any atom is -0.496 e. The summed E-state index contributed by atoms with van der Waals surface area (Å²) in [5, 5.41) is 8.46. The van der Waals surface area contributed by atoms with Gasteiger partial charge in [-0.2, -0.15) is 9.78 Å². The zero-order valence-electron chi connectivity index (χ0n) is 20.2. The summed E-state index contributed by atoms with van der Waals surface area (Å²) in [6, 6.07) is 9.45. The second-order valence-electron chi connectivity index (χ2n) is 8.07. The predicted molar refractivity (Wildman–Crippen MR) is 134 cm³/mol. The highest BCUT2D eigenvalue weighted by Gasteiger charge is 2.35. The van der Waals surface area contributed by atoms with E-state index in [4.69, 9.17) is 29.0 Å². The maximum Gasteiger partial charge on any atom is 0.226 e. The molecule has 1 unspecified atom stereocenters. The van der Waals surface area contributed by atoms with Gasteiger partial charge in [-0.25, -0.2) is 4.98 Å². The first-order chi connectivity index (χ1) is 17.0. The van der Waals surface area contributed by atoms with Crippen LogP contribution >= 0.6 is 11.3 Å². The van der Waals surface area contributed by atoms with Crippen molar-refractivity contribution >= 4 is 33.3 Å². The molecule has 1 aliphatic heterocycles. The summed E-state index contributed by atoms with van der Waals surface area (Å²) in [5.74, 6) is 2.76. The second kappa shape index (κ2) is 9.10. The molecule has 0 fully saturated rings. The smallest absolute Gasteiger partial charge is 0.226 e. The van der Waals surface area contributed by atoms with Crippen molar-refractivity contribution in [3.63, 3.8) is 0 Å². The van der Waals surface area contributed by atoms with Gasteiger partial charge in [0, 0.05) is 29.5 Å². The van der Waals surface area contributed by atoms with E-state index in [1.165, 1.54) is 11.3 Å². The van der Waals surface area contributed by atoms with Gasteiger partial charge in [0.05, 0.1) is 43.8 Å². The zero-order chi connectivity index (χ0) is 24.7. The minimum atomic E-state index is -0.277. The minimum absolute atomic E-state index is 0.111. The van der Waals surface area contributed by atoms with Gasteiger partial charge < -0.3 is 24.3 Å². The number of hydrogen-bond acceptors (Lipinski definition) is 8. The van der Waals surface area contributed by atoms with Crippen LogP contribution in [0.15, 0.2) is 30.3 Å². The first kappa shape index (κ1) is 23.0.